The fourth-order valence-corrected chi connectivity index (χ4v) is 14.2. The maximum Gasteiger partial charge on any atom is 0.256 e. The normalized spacial score (nSPS) is 13.0. The second kappa shape index (κ2) is 18.5. The minimum absolute atomic E-state index is 0.0543. The number of nitrogens with zero attached hydrogens (tertiary/aromatic N) is 3. The van der Waals surface area contributed by atoms with E-state index in [1.54, 1.807) is 0 Å². The minimum atomic E-state index is -0.161. The van der Waals surface area contributed by atoms with Gasteiger partial charge in [-0.3, -0.25) is 0 Å². The van der Waals surface area contributed by atoms with Crippen LogP contribution in [-0.4, -0.2) is 13.4 Å². The van der Waals surface area contributed by atoms with Crippen molar-refractivity contribution < 1.29 is 4.74 Å². The molecule has 12 aromatic carbocycles. The Morgan fingerprint density at radius 1 is 0.291 bits per heavy atom. The van der Waals surface area contributed by atoms with E-state index in [1.807, 2.05) is 11.8 Å². The van der Waals surface area contributed by atoms with Crippen molar-refractivity contribution in [3.63, 3.8) is 0 Å². The lowest BCUT2D eigenvalue weighted by atomic mass is 9.31. The van der Waals surface area contributed by atoms with Gasteiger partial charge in [-0.05, 0) is 122 Å². The van der Waals surface area contributed by atoms with Crippen molar-refractivity contribution in [2.24, 2.45) is 0 Å². The third-order valence-corrected chi connectivity index (χ3v) is 17.5. The molecule has 0 atom stereocenters. The summed E-state index contributed by atoms with van der Waals surface area (Å²) >= 11 is 1.90. The lowest BCUT2D eigenvalue weighted by molar-refractivity contribution is 0.487. The molecule has 368 valence electrons. The number of ether oxygens (including phenoxy) is 1. The smallest absolute Gasteiger partial charge is 0.256 e. The molecule has 0 aromatic heterocycles. The molecule has 0 fully saturated rings. The van der Waals surface area contributed by atoms with Gasteiger partial charge in [0.05, 0.1) is 17.1 Å². The Hall–Kier alpha value is -9.68. The van der Waals surface area contributed by atoms with Crippen molar-refractivity contribution in [1.82, 2.24) is 0 Å². The molecule has 0 saturated carbocycles. The Bertz CT molecular complexity index is 4310. The van der Waals surface area contributed by atoms with Crippen LogP contribution in [0.2, 0.25) is 0 Å². The summed E-state index contributed by atoms with van der Waals surface area (Å²) in [5.41, 5.74) is 24.3. The van der Waals surface area contributed by atoms with E-state index in [0.717, 1.165) is 79.1 Å². The summed E-state index contributed by atoms with van der Waals surface area (Å²) in [6.45, 7) is -0.215. The molecule has 4 aliphatic rings. The third-order valence-electron chi connectivity index (χ3n) is 16.3. The topological polar surface area (TPSA) is 19.0 Å². The van der Waals surface area contributed by atoms with Gasteiger partial charge >= 0.3 is 0 Å². The molecule has 0 spiro atoms. The van der Waals surface area contributed by atoms with Crippen LogP contribution in [0.25, 0.3) is 33.4 Å². The van der Waals surface area contributed by atoms with E-state index in [1.165, 1.54) is 59.6 Å². The van der Waals surface area contributed by atoms with Crippen LogP contribution in [0, 0.1) is 0 Å². The zero-order valence-electron chi connectivity index (χ0n) is 42.9. The van der Waals surface area contributed by atoms with Crippen LogP contribution in [0.4, 0.5) is 51.2 Å². The van der Waals surface area contributed by atoms with Gasteiger partial charge in [0.1, 0.15) is 11.5 Å². The molecule has 12 aromatic rings. The van der Waals surface area contributed by atoms with E-state index in [2.05, 4.69) is 300 Å². The van der Waals surface area contributed by atoms with Gasteiger partial charge in [-0.2, -0.15) is 0 Å². The van der Waals surface area contributed by atoms with Crippen molar-refractivity contribution in [1.29, 1.82) is 0 Å². The number of rotatable bonds is 8. The Morgan fingerprint density at radius 2 is 0.772 bits per heavy atom. The van der Waals surface area contributed by atoms with Gasteiger partial charge < -0.3 is 19.4 Å². The molecule has 0 N–H and O–H groups in total. The number of benzene rings is 12. The second-order valence-corrected chi connectivity index (χ2v) is 21.8. The SMILES string of the molecule is c1ccc(-c2cc3c4c(c2)N(c2ccccc2-c2ccccc2)c2cc5c(cc2B4c2ccccc2S3)B2c3ccccc3Oc3cc(N(c4ccccc4)c4ccccc4)cc(c32)N5c2ccccc2-c2ccccc2)cc1. The summed E-state index contributed by atoms with van der Waals surface area (Å²) in [7, 11) is 0. The van der Waals surface area contributed by atoms with Crippen molar-refractivity contribution >= 4 is 109 Å². The molecule has 0 radical (unpaired) electrons. The summed E-state index contributed by atoms with van der Waals surface area (Å²) in [6, 6.07) is 105. The van der Waals surface area contributed by atoms with Crippen molar-refractivity contribution in [2.75, 3.05) is 14.7 Å². The highest BCUT2D eigenvalue weighted by atomic mass is 32.2. The van der Waals surface area contributed by atoms with E-state index >= 15 is 0 Å². The molecule has 0 unspecified atom stereocenters. The molecule has 0 amide bonds. The Morgan fingerprint density at radius 3 is 1.38 bits per heavy atom. The summed E-state index contributed by atoms with van der Waals surface area (Å²) < 4.78 is 7.29. The van der Waals surface area contributed by atoms with Gasteiger partial charge in [-0.15, -0.1) is 0 Å². The number of anilines is 9. The molecule has 79 heavy (non-hydrogen) atoms. The van der Waals surface area contributed by atoms with E-state index in [-0.39, 0.29) is 13.4 Å². The van der Waals surface area contributed by atoms with Crippen LogP contribution in [0.3, 0.4) is 0 Å². The van der Waals surface area contributed by atoms with Crippen LogP contribution in [-0.2, 0) is 0 Å². The first-order chi connectivity index (χ1) is 39.2. The van der Waals surface area contributed by atoms with Crippen molar-refractivity contribution in [3.8, 4) is 44.9 Å². The molecule has 0 saturated heterocycles. The van der Waals surface area contributed by atoms with Crippen LogP contribution in [0.1, 0.15) is 0 Å². The maximum absolute atomic E-state index is 7.29. The van der Waals surface area contributed by atoms with Gasteiger partial charge in [-0.1, -0.05) is 223 Å². The van der Waals surface area contributed by atoms with Crippen LogP contribution in [0.15, 0.2) is 295 Å². The number of hydrogen-bond donors (Lipinski definition) is 0. The number of para-hydroxylation sites is 5. The Kier molecular flexibility index (Phi) is 10.7. The highest BCUT2D eigenvalue weighted by Gasteiger charge is 2.47. The van der Waals surface area contributed by atoms with E-state index < -0.39 is 0 Å². The van der Waals surface area contributed by atoms with Crippen molar-refractivity contribution in [3.05, 3.63) is 285 Å². The lowest BCUT2D eigenvalue weighted by Crippen LogP contribution is -2.64. The first-order valence-electron chi connectivity index (χ1n) is 27.1. The van der Waals surface area contributed by atoms with Crippen LogP contribution < -0.4 is 52.2 Å². The lowest BCUT2D eigenvalue weighted by Gasteiger charge is -2.45. The summed E-state index contributed by atoms with van der Waals surface area (Å²) in [4.78, 5) is 10.1. The monoisotopic (exact) mass is 1020 g/mol. The molecule has 4 heterocycles. The zero-order valence-corrected chi connectivity index (χ0v) is 43.8. The van der Waals surface area contributed by atoms with Crippen LogP contribution in [0.5, 0.6) is 11.5 Å². The molecular weight excluding hydrogens is 977 g/mol. The summed E-state index contributed by atoms with van der Waals surface area (Å²) in [6.07, 6.45) is 0. The van der Waals surface area contributed by atoms with Gasteiger partial charge in [-0.25, -0.2) is 0 Å². The first-order valence-corrected chi connectivity index (χ1v) is 28.0. The van der Waals surface area contributed by atoms with Crippen LogP contribution >= 0.6 is 11.8 Å². The molecule has 4 nitrogen and oxygen atoms in total. The first kappa shape index (κ1) is 45.5. The second-order valence-electron chi connectivity index (χ2n) is 20.7. The summed E-state index contributed by atoms with van der Waals surface area (Å²) in [5, 5.41) is 0. The molecule has 4 aliphatic heterocycles. The maximum atomic E-state index is 7.29. The Labute approximate surface area is 465 Å². The molecular formula is C72H47B2N3OS. The molecule has 0 bridgehead atoms. The largest absolute Gasteiger partial charge is 0.458 e. The van der Waals surface area contributed by atoms with Gasteiger partial charge in [0.2, 0.25) is 6.71 Å². The zero-order chi connectivity index (χ0) is 52.0. The predicted octanol–water partition coefficient (Wildman–Crippen LogP) is 15.3. The highest BCUT2D eigenvalue weighted by Crippen LogP contribution is 2.51. The highest BCUT2D eigenvalue weighted by molar-refractivity contribution is 8.00. The fourth-order valence-electron chi connectivity index (χ4n) is 13.0. The fraction of sp³-hybridized carbons (Fsp3) is 0. The molecule has 0 aliphatic carbocycles. The predicted molar refractivity (Wildman–Crippen MR) is 333 cm³/mol. The van der Waals surface area contributed by atoms with E-state index in [0.29, 0.717) is 0 Å². The van der Waals surface area contributed by atoms with E-state index in [9.17, 15) is 0 Å². The quantitative estimate of drug-likeness (QED) is 0.141. The average Bonchev–Trinajstić information content (AvgIpc) is 3.67. The van der Waals surface area contributed by atoms with Gasteiger partial charge in [0, 0.05) is 61.1 Å². The number of hydrogen-bond acceptors (Lipinski definition) is 5. The third kappa shape index (κ3) is 7.34. The summed E-state index contributed by atoms with van der Waals surface area (Å²) in [5.74, 6) is 1.72. The standard InChI is InChI=1S/C72H47B2N3OS/c1-6-24-48(25-7-1)51-42-65-72-70(43-51)79-69-41-23-19-37-58(69)74(72)60-46-59-63(47-64(60)76(65)61-38-20-16-34-55(61)49-26-8-2-9-27-49)77(62-39-21-17-35-56(62)50-28-10-3-11-29-50)66-44-54(45-68-71(66)73(59)57-36-18-22-40-67(57)78-68)75(52-30-12-4-13-31-52)53-32-14-5-15-33-53/h1-47H. The molecule has 7 heteroatoms. The van der Waals surface area contributed by atoms with Gasteiger partial charge in [0.15, 0.2) is 0 Å². The average molecular weight is 1020 g/mol. The minimum Gasteiger partial charge on any atom is -0.458 e. The Balaban J connectivity index is 1.04. The molecule has 16 rings (SSSR count). The van der Waals surface area contributed by atoms with E-state index in [4.69, 9.17) is 4.74 Å². The number of fused-ring (bicyclic) bond motifs is 8. The van der Waals surface area contributed by atoms with Gasteiger partial charge in [0.25, 0.3) is 6.71 Å². The van der Waals surface area contributed by atoms with Crippen molar-refractivity contribution in [2.45, 2.75) is 9.79 Å².